The van der Waals surface area contributed by atoms with Gasteiger partial charge in [0.2, 0.25) is 21.8 Å². The highest BCUT2D eigenvalue weighted by Crippen LogP contribution is 2.29. The molecule has 0 spiro atoms. The number of anilines is 1. The van der Waals surface area contributed by atoms with Gasteiger partial charge in [0, 0.05) is 19.0 Å². The minimum absolute atomic E-state index is 0.0455. The molecule has 4 rings (SSSR count). The minimum atomic E-state index is -3.90. The molecule has 1 atom stereocenters. The van der Waals surface area contributed by atoms with Crippen molar-refractivity contribution in [1.29, 1.82) is 0 Å². The Kier molecular flexibility index (Phi) is 10.9. The van der Waals surface area contributed by atoms with Crippen LogP contribution in [0.1, 0.15) is 48.8 Å². The highest BCUT2D eigenvalue weighted by molar-refractivity contribution is 7.92. The largest absolute Gasteiger partial charge is 0.352 e. The first-order valence-electron chi connectivity index (χ1n) is 14.1. The molecular formula is C32H37Cl2N3O4S. The van der Waals surface area contributed by atoms with Crippen LogP contribution in [0.25, 0.3) is 0 Å². The van der Waals surface area contributed by atoms with E-state index >= 15 is 0 Å². The number of sulfonamides is 1. The number of benzene rings is 3. The maximum absolute atomic E-state index is 14.2. The van der Waals surface area contributed by atoms with E-state index in [1.54, 1.807) is 0 Å². The predicted octanol–water partition coefficient (Wildman–Crippen LogP) is 6.16. The van der Waals surface area contributed by atoms with Crippen LogP contribution in [-0.4, -0.2) is 50.0 Å². The lowest BCUT2D eigenvalue weighted by Crippen LogP contribution is -2.55. The van der Waals surface area contributed by atoms with Gasteiger partial charge in [-0.25, -0.2) is 8.42 Å². The van der Waals surface area contributed by atoms with Crippen molar-refractivity contribution in [3.8, 4) is 0 Å². The zero-order chi connectivity index (χ0) is 30.3. The van der Waals surface area contributed by atoms with E-state index in [1.165, 1.54) is 23.1 Å². The number of nitrogens with one attached hydrogen (secondary N) is 1. The molecule has 1 aliphatic rings. The number of nitrogens with zero attached hydrogens (tertiary/aromatic N) is 2. The van der Waals surface area contributed by atoms with E-state index < -0.39 is 28.5 Å². The van der Waals surface area contributed by atoms with E-state index in [4.69, 9.17) is 23.2 Å². The smallest absolute Gasteiger partial charge is 0.244 e. The molecule has 0 unspecified atom stereocenters. The van der Waals surface area contributed by atoms with Crippen LogP contribution in [0.2, 0.25) is 10.0 Å². The molecule has 0 bridgehead atoms. The number of rotatable bonds is 11. The number of halogens is 2. The van der Waals surface area contributed by atoms with Crippen LogP contribution in [0.3, 0.4) is 0 Å². The monoisotopic (exact) mass is 629 g/mol. The van der Waals surface area contributed by atoms with Gasteiger partial charge in [0.05, 0.1) is 22.0 Å². The molecular weight excluding hydrogens is 593 g/mol. The summed E-state index contributed by atoms with van der Waals surface area (Å²) in [6.07, 6.45) is 6.35. The molecule has 0 aromatic heterocycles. The number of hydrogen-bond acceptors (Lipinski definition) is 4. The maximum atomic E-state index is 14.2. The van der Waals surface area contributed by atoms with Crippen LogP contribution in [0, 0.1) is 6.92 Å². The molecule has 3 aromatic rings. The fraction of sp³-hybridized carbons (Fsp3) is 0.375. The SMILES string of the molecule is Cc1cccc(CN(C(=O)CN(c2ccc(Cl)c(Cl)c2)S(C)(=O)=O)[C@@H](Cc2ccccc2)C(=O)NC2CCCCC2)c1. The number of aryl methyl sites for hydroxylation is 1. The summed E-state index contributed by atoms with van der Waals surface area (Å²) in [7, 11) is -3.90. The van der Waals surface area contributed by atoms with Crippen molar-refractivity contribution in [3.63, 3.8) is 0 Å². The zero-order valence-corrected chi connectivity index (χ0v) is 26.3. The third kappa shape index (κ3) is 8.72. The topological polar surface area (TPSA) is 86.8 Å². The lowest BCUT2D eigenvalue weighted by molar-refractivity contribution is -0.140. The van der Waals surface area contributed by atoms with Gasteiger partial charge in [-0.2, -0.15) is 0 Å². The van der Waals surface area contributed by atoms with Gasteiger partial charge in [-0.05, 0) is 49.1 Å². The Morgan fingerprint density at radius 2 is 1.60 bits per heavy atom. The molecule has 10 heteroatoms. The van der Waals surface area contributed by atoms with Crippen LogP contribution in [0.15, 0.2) is 72.8 Å². The Morgan fingerprint density at radius 1 is 0.905 bits per heavy atom. The van der Waals surface area contributed by atoms with E-state index in [2.05, 4.69) is 5.32 Å². The van der Waals surface area contributed by atoms with Crippen molar-refractivity contribution in [2.45, 2.75) is 64.1 Å². The lowest BCUT2D eigenvalue weighted by Gasteiger charge is -2.35. The molecule has 0 saturated heterocycles. The fourth-order valence-electron chi connectivity index (χ4n) is 5.36. The standard InChI is InChI=1S/C32H37Cl2N3O4S/c1-23-10-9-13-25(18-23)21-36(31(38)22-37(42(2,40)41)27-16-17-28(33)29(34)20-27)30(19-24-11-5-3-6-12-24)32(39)35-26-14-7-4-8-15-26/h3,5-6,9-13,16-18,20,26,30H,4,7-8,14-15,19,21-22H2,1-2H3,(H,35,39)/t30-/m0/s1. The minimum Gasteiger partial charge on any atom is -0.352 e. The summed E-state index contributed by atoms with van der Waals surface area (Å²) in [6.45, 7) is 1.59. The summed E-state index contributed by atoms with van der Waals surface area (Å²) in [6, 6.07) is 20.9. The molecule has 2 amide bonds. The van der Waals surface area contributed by atoms with Crippen molar-refractivity contribution in [1.82, 2.24) is 10.2 Å². The van der Waals surface area contributed by atoms with Gasteiger partial charge in [0.1, 0.15) is 12.6 Å². The van der Waals surface area contributed by atoms with Gasteiger partial charge in [-0.1, -0.05) is 103 Å². The molecule has 1 fully saturated rings. The molecule has 1 saturated carbocycles. The summed E-state index contributed by atoms with van der Waals surface area (Å²) in [5.74, 6) is -0.750. The Labute approximate surface area is 258 Å². The zero-order valence-electron chi connectivity index (χ0n) is 23.9. The summed E-state index contributed by atoms with van der Waals surface area (Å²) in [5.41, 5.74) is 2.96. The fourth-order valence-corrected chi connectivity index (χ4v) is 6.49. The normalized spacial score (nSPS) is 14.7. The quantitative estimate of drug-likeness (QED) is 0.275. The van der Waals surface area contributed by atoms with Gasteiger partial charge in [0.15, 0.2) is 0 Å². The third-order valence-corrected chi connectivity index (χ3v) is 9.41. The number of carbonyl (C=O) groups excluding carboxylic acids is 2. The molecule has 0 aliphatic heterocycles. The Morgan fingerprint density at radius 3 is 2.24 bits per heavy atom. The number of carbonyl (C=O) groups is 2. The second-order valence-corrected chi connectivity index (χ2v) is 13.6. The van der Waals surface area contributed by atoms with Gasteiger partial charge < -0.3 is 10.2 Å². The van der Waals surface area contributed by atoms with Crippen molar-refractivity contribution in [3.05, 3.63) is 99.5 Å². The van der Waals surface area contributed by atoms with Gasteiger partial charge in [-0.15, -0.1) is 0 Å². The van der Waals surface area contributed by atoms with Crippen LogP contribution in [0.5, 0.6) is 0 Å². The molecule has 0 heterocycles. The highest BCUT2D eigenvalue weighted by atomic mass is 35.5. The van der Waals surface area contributed by atoms with Crippen LogP contribution < -0.4 is 9.62 Å². The first-order valence-corrected chi connectivity index (χ1v) is 16.7. The van der Waals surface area contributed by atoms with Gasteiger partial charge in [0.25, 0.3) is 0 Å². The van der Waals surface area contributed by atoms with Crippen molar-refractivity contribution in [2.24, 2.45) is 0 Å². The molecule has 1 N–H and O–H groups in total. The molecule has 1 aliphatic carbocycles. The summed E-state index contributed by atoms with van der Waals surface area (Å²) < 4.78 is 26.9. The Balaban J connectivity index is 1.73. The average molecular weight is 631 g/mol. The van der Waals surface area contributed by atoms with Gasteiger partial charge >= 0.3 is 0 Å². The van der Waals surface area contributed by atoms with E-state index in [9.17, 15) is 18.0 Å². The third-order valence-electron chi connectivity index (χ3n) is 7.53. The lowest BCUT2D eigenvalue weighted by atomic mass is 9.94. The van der Waals surface area contributed by atoms with E-state index in [1.807, 2.05) is 61.5 Å². The van der Waals surface area contributed by atoms with E-state index in [0.717, 1.165) is 59.4 Å². The first kappa shape index (κ1) is 31.9. The van der Waals surface area contributed by atoms with Crippen LogP contribution in [-0.2, 0) is 32.6 Å². The predicted molar refractivity (Wildman–Crippen MR) is 169 cm³/mol. The summed E-state index contributed by atoms with van der Waals surface area (Å²) in [5, 5.41) is 3.64. The molecule has 7 nitrogen and oxygen atoms in total. The number of hydrogen-bond donors (Lipinski definition) is 1. The van der Waals surface area contributed by atoms with Crippen LogP contribution >= 0.6 is 23.2 Å². The Bertz CT molecular complexity index is 1490. The highest BCUT2D eigenvalue weighted by Gasteiger charge is 2.34. The Hall–Kier alpha value is -3.07. The van der Waals surface area contributed by atoms with E-state index in [-0.39, 0.29) is 40.6 Å². The van der Waals surface area contributed by atoms with E-state index in [0.29, 0.717) is 0 Å². The molecule has 3 aromatic carbocycles. The summed E-state index contributed by atoms with van der Waals surface area (Å²) in [4.78, 5) is 29.7. The molecule has 0 radical (unpaired) electrons. The van der Waals surface area contributed by atoms with Crippen molar-refractivity contribution >= 4 is 50.7 Å². The van der Waals surface area contributed by atoms with Gasteiger partial charge in [-0.3, -0.25) is 13.9 Å². The second kappa shape index (κ2) is 14.4. The molecule has 42 heavy (non-hydrogen) atoms. The first-order chi connectivity index (χ1) is 20.0. The number of amides is 2. The van der Waals surface area contributed by atoms with Crippen LogP contribution in [0.4, 0.5) is 5.69 Å². The second-order valence-electron chi connectivity index (χ2n) is 10.9. The summed E-state index contributed by atoms with van der Waals surface area (Å²) >= 11 is 12.3. The average Bonchev–Trinajstić information content (AvgIpc) is 2.95. The van der Waals surface area contributed by atoms with Crippen molar-refractivity contribution in [2.75, 3.05) is 17.1 Å². The van der Waals surface area contributed by atoms with Crippen molar-refractivity contribution < 1.29 is 18.0 Å². The maximum Gasteiger partial charge on any atom is 0.244 e. The molecule has 224 valence electrons.